The summed E-state index contributed by atoms with van der Waals surface area (Å²) >= 11 is 0. The number of nitrogens with zero attached hydrogens (tertiary/aromatic N) is 4. The van der Waals surface area contributed by atoms with Crippen LogP contribution in [0.5, 0.6) is 0 Å². The van der Waals surface area contributed by atoms with Gasteiger partial charge in [0.1, 0.15) is 17.0 Å². The molecule has 1 amide bonds. The largest absolute Gasteiger partial charge is 0.393 e. The predicted octanol–water partition coefficient (Wildman–Crippen LogP) is 4.17. The average molecular weight is 518 g/mol. The van der Waals surface area contributed by atoms with Crippen LogP contribution in [-0.4, -0.2) is 42.7 Å². The second-order valence-electron chi connectivity index (χ2n) is 10.2. The van der Waals surface area contributed by atoms with E-state index in [1.165, 1.54) is 6.20 Å². The van der Waals surface area contributed by atoms with E-state index in [2.05, 4.69) is 25.6 Å². The number of benzene rings is 1. The molecule has 3 aromatic rings. The molecule has 2 aromatic heterocycles. The van der Waals surface area contributed by atoms with Gasteiger partial charge in [0.15, 0.2) is 17.3 Å². The molecule has 2 fully saturated rings. The number of hydrogen-bond donors (Lipinski definition) is 4. The van der Waals surface area contributed by atoms with Gasteiger partial charge in [0.2, 0.25) is 17.8 Å². The van der Waals surface area contributed by atoms with Crippen LogP contribution in [0.15, 0.2) is 18.3 Å². The van der Waals surface area contributed by atoms with Gasteiger partial charge in [-0.25, -0.2) is 23.1 Å². The van der Waals surface area contributed by atoms with Crippen molar-refractivity contribution in [2.75, 3.05) is 10.6 Å². The molecular weight excluding hydrogens is 487 g/mol. The lowest BCUT2D eigenvalue weighted by atomic mass is 9.85. The fourth-order valence-corrected chi connectivity index (χ4v) is 5.40. The van der Waals surface area contributed by atoms with Crippen molar-refractivity contribution in [1.82, 2.24) is 19.5 Å². The van der Waals surface area contributed by atoms with Crippen molar-refractivity contribution in [3.63, 3.8) is 0 Å². The number of aliphatic hydroxyl groups is 1. The van der Waals surface area contributed by atoms with Crippen LogP contribution in [-0.2, 0) is 4.79 Å². The Kier molecular flexibility index (Phi) is 6.93. The zero-order valence-corrected chi connectivity index (χ0v) is 20.4. The predicted molar refractivity (Wildman–Crippen MR) is 132 cm³/mol. The summed E-state index contributed by atoms with van der Waals surface area (Å²) in [5.74, 6) is -3.06. The highest BCUT2D eigenvalue weighted by Crippen LogP contribution is 2.37. The van der Waals surface area contributed by atoms with E-state index in [1.807, 2.05) is 6.92 Å². The van der Waals surface area contributed by atoms with Crippen LogP contribution in [0.25, 0.3) is 11.2 Å². The fourth-order valence-electron chi connectivity index (χ4n) is 5.40. The summed E-state index contributed by atoms with van der Waals surface area (Å²) in [6.45, 7) is 2.02. The first-order chi connectivity index (χ1) is 17.7. The number of primary amides is 1. The molecule has 0 spiro atoms. The number of aliphatic hydroxyl groups excluding tert-OH is 1. The Morgan fingerprint density at radius 3 is 2.43 bits per heavy atom. The van der Waals surface area contributed by atoms with Crippen LogP contribution < -0.4 is 16.4 Å². The summed E-state index contributed by atoms with van der Waals surface area (Å²) in [4.78, 5) is 25.2. The Morgan fingerprint density at radius 2 is 1.78 bits per heavy atom. The first-order valence-corrected chi connectivity index (χ1v) is 12.6. The summed E-state index contributed by atoms with van der Waals surface area (Å²) in [6.07, 6.45) is 5.74. The number of hydrogen-bond acceptors (Lipinski definition) is 7. The maximum Gasteiger partial charge on any atom is 0.224 e. The van der Waals surface area contributed by atoms with E-state index in [1.54, 1.807) is 4.57 Å². The van der Waals surface area contributed by atoms with Crippen LogP contribution in [0, 0.1) is 29.3 Å². The van der Waals surface area contributed by atoms with Gasteiger partial charge in [-0.15, -0.1) is 0 Å². The summed E-state index contributed by atoms with van der Waals surface area (Å²) in [7, 11) is 0. The van der Waals surface area contributed by atoms with Gasteiger partial charge >= 0.3 is 0 Å². The van der Waals surface area contributed by atoms with Crippen LogP contribution in [0.4, 0.5) is 30.8 Å². The van der Waals surface area contributed by atoms with Gasteiger partial charge in [0.25, 0.3) is 0 Å². The molecule has 12 heteroatoms. The third kappa shape index (κ3) is 5.20. The Bertz CT molecular complexity index is 1290. The highest BCUT2D eigenvalue weighted by atomic mass is 19.1. The molecule has 5 N–H and O–H groups in total. The maximum atomic E-state index is 14.5. The number of amides is 1. The minimum Gasteiger partial charge on any atom is -0.393 e. The Labute approximate surface area is 211 Å². The molecule has 0 aliphatic heterocycles. The van der Waals surface area contributed by atoms with Crippen LogP contribution in [0.2, 0.25) is 0 Å². The second-order valence-corrected chi connectivity index (χ2v) is 10.2. The molecule has 2 aliphatic carbocycles. The molecule has 5 rings (SSSR count). The van der Waals surface area contributed by atoms with Gasteiger partial charge in [-0.3, -0.25) is 9.36 Å². The quantitative estimate of drug-likeness (QED) is 0.386. The molecule has 1 aromatic carbocycles. The van der Waals surface area contributed by atoms with Crippen molar-refractivity contribution in [1.29, 1.82) is 0 Å². The van der Waals surface area contributed by atoms with Gasteiger partial charge in [0.05, 0.1) is 12.3 Å². The number of anilines is 3. The van der Waals surface area contributed by atoms with Gasteiger partial charge in [-0.1, -0.05) is 6.92 Å². The molecule has 2 saturated carbocycles. The van der Waals surface area contributed by atoms with E-state index in [9.17, 15) is 23.1 Å². The molecule has 2 aliphatic rings. The summed E-state index contributed by atoms with van der Waals surface area (Å²) in [5.41, 5.74) is 5.83. The molecule has 2 heterocycles. The summed E-state index contributed by atoms with van der Waals surface area (Å²) in [5, 5.41) is 16.2. The normalized spacial score (nSPS) is 26.2. The Morgan fingerprint density at radius 1 is 1.08 bits per heavy atom. The Hall–Kier alpha value is -3.41. The molecular formula is C25H30F3N7O2. The molecule has 0 radical (unpaired) electrons. The number of imidazole rings is 1. The van der Waals surface area contributed by atoms with E-state index in [-0.39, 0.29) is 35.8 Å². The van der Waals surface area contributed by atoms with Crippen LogP contribution in [0.3, 0.4) is 0 Å². The highest BCUT2D eigenvalue weighted by Gasteiger charge is 2.30. The lowest BCUT2D eigenvalue weighted by Gasteiger charge is -2.31. The monoisotopic (exact) mass is 517 g/mol. The molecule has 3 atom stereocenters. The topological polar surface area (TPSA) is 131 Å². The number of nitrogens with two attached hydrogens (primary N) is 1. The lowest BCUT2D eigenvalue weighted by molar-refractivity contribution is -0.122. The van der Waals surface area contributed by atoms with E-state index in [0.29, 0.717) is 61.3 Å². The van der Waals surface area contributed by atoms with Crippen molar-refractivity contribution >= 4 is 34.7 Å². The zero-order valence-electron chi connectivity index (χ0n) is 20.4. The number of fused-ring (bicyclic) bond motifs is 1. The van der Waals surface area contributed by atoms with Gasteiger partial charge < -0.3 is 21.5 Å². The van der Waals surface area contributed by atoms with Crippen LogP contribution in [0.1, 0.15) is 57.9 Å². The average Bonchev–Trinajstić information content (AvgIpc) is 3.21. The Balaban J connectivity index is 1.50. The van der Waals surface area contributed by atoms with Gasteiger partial charge in [-0.05, 0) is 50.9 Å². The fraction of sp³-hybridized carbons (Fsp3) is 0.520. The first-order valence-electron chi connectivity index (χ1n) is 12.6. The van der Waals surface area contributed by atoms with Crippen LogP contribution >= 0.6 is 0 Å². The summed E-state index contributed by atoms with van der Waals surface area (Å²) < 4.78 is 44.1. The van der Waals surface area contributed by atoms with Gasteiger partial charge in [-0.2, -0.15) is 4.98 Å². The number of carbonyl (C=O) groups is 1. The van der Waals surface area contributed by atoms with E-state index < -0.39 is 29.2 Å². The molecule has 37 heavy (non-hydrogen) atoms. The number of nitrogens with one attached hydrogen (secondary N) is 2. The number of aromatic nitrogens is 4. The first kappa shape index (κ1) is 25.2. The lowest BCUT2D eigenvalue weighted by Crippen LogP contribution is -2.35. The second kappa shape index (κ2) is 10.2. The molecule has 9 nitrogen and oxygen atoms in total. The molecule has 0 bridgehead atoms. The van der Waals surface area contributed by atoms with Gasteiger partial charge in [0, 0.05) is 30.1 Å². The minimum absolute atomic E-state index is 0.00558. The third-order valence-corrected chi connectivity index (χ3v) is 7.63. The van der Waals surface area contributed by atoms with Crippen molar-refractivity contribution in [2.24, 2.45) is 17.6 Å². The van der Waals surface area contributed by atoms with E-state index in [0.717, 1.165) is 12.8 Å². The minimum atomic E-state index is -1.09. The SMILES string of the molecule is C[C@@H]1CC[C@@H](Nc2ncc3nc(Nc4c(F)cc(F)cc4F)n([C@H]4CC[C@@H](C(N)=O)CC4)c3n2)C[C@H]1O. The van der Waals surface area contributed by atoms with E-state index in [4.69, 9.17) is 5.73 Å². The molecule has 0 saturated heterocycles. The molecule has 198 valence electrons. The summed E-state index contributed by atoms with van der Waals surface area (Å²) in [6, 6.07) is 1.02. The van der Waals surface area contributed by atoms with E-state index >= 15 is 0 Å². The number of halogens is 3. The third-order valence-electron chi connectivity index (χ3n) is 7.63. The number of rotatable bonds is 6. The smallest absolute Gasteiger partial charge is 0.224 e. The van der Waals surface area contributed by atoms with Crippen molar-refractivity contribution in [3.05, 3.63) is 35.8 Å². The van der Waals surface area contributed by atoms with Crippen molar-refractivity contribution in [2.45, 2.75) is 70.1 Å². The standard InChI is InChI=1S/C25H30F3N7O2/c1-12-2-5-15(10-20(12)36)31-24-30-11-19-23(34-24)35(16-6-3-13(4-7-16)22(29)37)25(32-19)33-21-17(27)8-14(26)9-18(21)28/h8-9,11-13,15-16,20,36H,2-7,10H2,1H3,(H2,29,37)(H,32,33)(H,30,31,34)/t12-,13-,15-,16+,20-/m1/s1. The highest BCUT2D eigenvalue weighted by molar-refractivity contribution is 5.78. The van der Waals surface area contributed by atoms with Crippen molar-refractivity contribution in [3.8, 4) is 0 Å². The zero-order chi connectivity index (χ0) is 26.3. The number of carbonyl (C=O) groups excluding carboxylic acids is 1. The maximum absolute atomic E-state index is 14.5. The molecule has 0 unspecified atom stereocenters. The van der Waals surface area contributed by atoms with Crippen molar-refractivity contribution < 1.29 is 23.1 Å².